The third-order valence-corrected chi connectivity index (χ3v) is 4.85. The van der Waals surface area contributed by atoms with Gasteiger partial charge in [-0.2, -0.15) is 0 Å². The summed E-state index contributed by atoms with van der Waals surface area (Å²) in [5.74, 6) is 0. The second-order valence-electron chi connectivity index (χ2n) is 6.30. The van der Waals surface area contributed by atoms with E-state index in [1.54, 1.807) is 0 Å². The first-order valence-corrected chi connectivity index (χ1v) is 7.98. The zero-order chi connectivity index (χ0) is 14.1. The molecular formula is C19H22N2. The number of nitrogens with zero attached hydrogens (tertiary/aromatic N) is 1. The Morgan fingerprint density at radius 1 is 0.905 bits per heavy atom. The summed E-state index contributed by atoms with van der Waals surface area (Å²) in [6.07, 6.45) is 2.35. The molecule has 0 fully saturated rings. The summed E-state index contributed by atoms with van der Waals surface area (Å²) in [7, 11) is 0. The van der Waals surface area contributed by atoms with Crippen molar-refractivity contribution >= 4 is 0 Å². The van der Waals surface area contributed by atoms with Gasteiger partial charge in [-0.3, -0.25) is 4.90 Å². The Hall–Kier alpha value is -1.64. The van der Waals surface area contributed by atoms with Gasteiger partial charge in [-0.15, -0.1) is 0 Å². The van der Waals surface area contributed by atoms with E-state index < -0.39 is 0 Å². The van der Waals surface area contributed by atoms with Gasteiger partial charge in [0.15, 0.2) is 0 Å². The Morgan fingerprint density at radius 2 is 1.62 bits per heavy atom. The number of fused-ring (bicyclic) bond motifs is 2. The molecule has 1 unspecified atom stereocenters. The third-order valence-electron chi connectivity index (χ3n) is 4.85. The highest BCUT2D eigenvalue weighted by Crippen LogP contribution is 2.21. The predicted molar refractivity (Wildman–Crippen MR) is 86.2 cm³/mol. The largest absolute Gasteiger partial charge is 0.308 e. The first-order chi connectivity index (χ1) is 10.4. The van der Waals surface area contributed by atoms with E-state index in [1.165, 1.54) is 35.2 Å². The molecule has 2 aromatic rings. The molecule has 0 amide bonds. The van der Waals surface area contributed by atoms with Crippen molar-refractivity contribution in [2.24, 2.45) is 0 Å². The van der Waals surface area contributed by atoms with Crippen molar-refractivity contribution < 1.29 is 0 Å². The van der Waals surface area contributed by atoms with Gasteiger partial charge in [0, 0.05) is 32.2 Å². The van der Waals surface area contributed by atoms with Crippen LogP contribution < -0.4 is 5.32 Å². The summed E-state index contributed by atoms with van der Waals surface area (Å²) in [6.45, 7) is 4.47. The molecule has 2 aromatic carbocycles. The van der Waals surface area contributed by atoms with Crippen LogP contribution in [-0.2, 0) is 25.9 Å². The Kier molecular flexibility index (Phi) is 3.50. The van der Waals surface area contributed by atoms with Crippen LogP contribution >= 0.6 is 0 Å². The third kappa shape index (κ3) is 2.74. The van der Waals surface area contributed by atoms with Crippen LogP contribution in [0.1, 0.15) is 22.3 Å². The summed E-state index contributed by atoms with van der Waals surface area (Å²) < 4.78 is 0. The molecule has 2 heterocycles. The number of rotatable bonds is 2. The highest BCUT2D eigenvalue weighted by molar-refractivity contribution is 5.31. The van der Waals surface area contributed by atoms with Gasteiger partial charge in [-0.1, -0.05) is 48.5 Å². The highest BCUT2D eigenvalue weighted by Gasteiger charge is 2.22. The fourth-order valence-corrected chi connectivity index (χ4v) is 3.67. The van der Waals surface area contributed by atoms with Gasteiger partial charge in [0.1, 0.15) is 0 Å². The Morgan fingerprint density at radius 3 is 2.48 bits per heavy atom. The van der Waals surface area contributed by atoms with Gasteiger partial charge < -0.3 is 5.32 Å². The Bertz CT molecular complexity index is 579. The van der Waals surface area contributed by atoms with E-state index >= 15 is 0 Å². The lowest BCUT2D eigenvalue weighted by Gasteiger charge is -2.34. The van der Waals surface area contributed by atoms with E-state index in [1.807, 2.05) is 0 Å². The van der Waals surface area contributed by atoms with E-state index in [2.05, 4.69) is 58.7 Å². The minimum atomic E-state index is 0.588. The smallest absolute Gasteiger partial charge is 0.0238 e. The zero-order valence-corrected chi connectivity index (χ0v) is 12.4. The van der Waals surface area contributed by atoms with Crippen molar-refractivity contribution in [2.75, 3.05) is 13.1 Å². The van der Waals surface area contributed by atoms with Gasteiger partial charge in [0.05, 0.1) is 0 Å². The van der Waals surface area contributed by atoms with Crippen molar-refractivity contribution in [2.45, 2.75) is 32.0 Å². The van der Waals surface area contributed by atoms with Crippen LogP contribution in [0.4, 0.5) is 0 Å². The molecule has 0 bridgehead atoms. The van der Waals surface area contributed by atoms with Gasteiger partial charge in [-0.05, 0) is 35.1 Å². The number of hydrogen-bond acceptors (Lipinski definition) is 2. The molecule has 1 atom stereocenters. The maximum atomic E-state index is 3.70. The predicted octanol–water partition coefficient (Wildman–Crippen LogP) is 2.76. The van der Waals surface area contributed by atoms with Gasteiger partial charge in [0.2, 0.25) is 0 Å². The first kappa shape index (κ1) is 13.1. The topological polar surface area (TPSA) is 15.3 Å². The van der Waals surface area contributed by atoms with Crippen molar-refractivity contribution in [3.63, 3.8) is 0 Å². The summed E-state index contributed by atoms with van der Waals surface area (Å²) in [5.41, 5.74) is 6.05. The summed E-state index contributed by atoms with van der Waals surface area (Å²) in [5, 5.41) is 3.70. The van der Waals surface area contributed by atoms with Crippen LogP contribution in [0.25, 0.3) is 0 Å². The molecule has 0 aliphatic carbocycles. The molecule has 0 spiro atoms. The number of benzene rings is 2. The standard InChI is InChI=1S/C19H22N2/c1-4-8-18-13-21(10-9-15(18)5-1)14-19-11-16-6-2-3-7-17(16)12-20-19/h1-8,19-20H,9-14H2. The summed E-state index contributed by atoms with van der Waals surface area (Å²) >= 11 is 0. The number of hydrogen-bond donors (Lipinski definition) is 1. The summed E-state index contributed by atoms with van der Waals surface area (Å²) in [4.78, 5) is 2.61. The molecule has 21 heavy (non-hydrogen) atoms. The molecule has 0 saturated carbocycles. The van der Waals surface area contributed by atoms with E-state index in [4.69, 9.17) is 0 Å². The average Bonchev–Trinajstić information content (AvgIpc) is 2.55. The molecular weight excluding hydrogens is 256 g/mol. The van der Waals surface area contributed by atoms with E-state index in [9.17, 15) is 0 Å². The van der Waals surface area contributed by atoms with Crippen LogP contribution in [0.5, 0.6) is 0 Å². The van der Waals surface area contributed by atoms with Crippen molar-refractivity contribution in [3.05, 3.63) is 70.8 Å². The van der Waals surface area contributed by atoms with Crippen LogP contribution in [0.2, 0.25) is 0 Å². The fraction of sp³-hybridized carbons (Fsp3) is 0.368. The van der Waals surface area contributed by atoms with Crippen LogP contribution in [-0.4, -0.2) is 24.0 Å². The maximum Gasteiger partial charge on any atom is 0.0238 e. The molecule has 2 heteroatoms. The highest BCUT2D eigenvalue weighted by atomic mass is 15.2. The normalized spacial score (nSPS) is 21.6. The SMILES string of the molecule is c1ccc2c(c1)CCN(CC1Cc3ccccc3CN1)C2. The van der Waals surface area contributed by atoms with Crippen molar-refractivity contribution in [1.82, 2.24) is 10.2 Å². The van der Waals surface area contributed by atoms with Crippen LogP contribution in [0.15, 0.2) is 48.5 Å². The maximum absolute atomic E-state index is 3.70. The second kappa shape index (κ2) is 5.63. The van der Waals surface area contributed by atoms with E-state index in [-0.39, 0.29) is 0 Å². The Labute approximate surface area is 126 Å². The van der Waals surface area contributed by atoms with Crippen LogP contribution in [0.3, 0.4) is 0 Å². The molecule has 0 aromatic heterocycles. The lowest BCUT2D eigenvalue weighted by molar-refractivity contribution is 0.219. The quantitative estimate of drug-likeness (QED) is 0.908. The summed E-state index contributed by atoms with van der Waals surface area (Å²) in [6, 6.07) is 18.3. The van der Waals surface area contributed by atoms with Crippen molar-refractivity contribution in [1.29, 1.82) is 0 Å². The van der Waals surface area contributed by atoms with Gasteiger partial charge in [0.25, 0.3) is 0 Å². The van der Waals surface area contributed by atoms with E-state index in [0.29, 0.717) is 6.04 Å². The van der Waals surface area contributed by atoms with Gasteiger partial charge >= 0.3 is 0 Å². The molecule has 108 valence electrons. The molecule has 2 nitrogen and oxygen atoms in total. The first-order valence-electron chi connectivity index (χ1n) is 7.98. The van der Waals surface area contributed by atoms with E-state index in [0.717, 1.165) is 26.1 Å². The molecule has 0 radical (unpaired) electrons. The minimum absolute atomic E-state index is 0.588. The lowest BCUT2D eigenvalue weighted by Crippen LogP contribution is -2.46. The molecule has 2 aliphatic rings. The average molecular weight is 278 g/mol. The van der Waals surface area contributed by atoms with Crippen molar-refractivity contribution in [3.8, 4) is 0 Å². The molecule has 4 rings (SSSR count). The minimum Gasteiger partial charge on any atom is -0.308 e. The lowest BCUT2D eigenvalue weighted by atomic mass is 9.94. The monoisotopic (exact) mass is 278 g/mol. The molecule has 1 N–H and O–H groups in total. The fourth-order valence-electron chi connectivity index (χ4n) is 3.67. The number of nitrogens with one attached hydrogen (secondary N) is 1. The molecule has 0 saturated heterocycles. The van der Waals surface area contributed by atoms with Crippen LogP contribution in [0, 0.1) is 0 Å². The molecule has 2 aliphatic heterocycles. The Balaban J connectivity index is 1.42. The van der Waals surface area contributed by atoms with Gasteiger partial charge in [-0.25, -0.2) is 0 Å². The second-order valence-corrected chi connectivity index (χ2v) is 6.30. The zero-order valence-electron chi connectivity index (χ0n) is 12.4.